The molecule has 0 saturated carbocycles. The fourth-order valence-corrected chi connectivity index (χ4v) is 2.23. The molecule has 0 atom stereocenters. The number of ether oxygens (including phenoxy) is 1. The van der Waals surface area contributed by atoms with E-state index in [1.54, 1.807) is 6.07 Å². The first-order valence-corrected chi connectivity index (χ1v) is 6.54. The predicted molar refractivity (Wildman–Crippen MR) is 73.3 cm³/mol. The molecular formula is C14H16ClNO2. The molecule has 3 nitrogen and oxygen atoms in total. The van der Waals surface area contributed by atoms with Gasteiger partial charge in [0.2, 0.25) is 0 Å². The van der Waals surface area contributed by atoms with Crippen LogP contribution in [0.3, 0.4) is 0 Å². The number of hydrogen-bond donors (Lipinski definition) is 1. The number of alkyl halides is 1. The van der Waals surface area contributed by atoms with Crippen molar-refractivity contribution in [2.45, 2.75) is 19.3 Å². The van der Waals surface area contributed by atoms with Crippen LogP contribution in [0.5, 0.6) is 0 Å². The number of rotatable bonds is 5. The minimum atomic E-state index is -0.301. The highest BCUT2D eigenvalue weighted by atomic mass is 35.5. The number of fused-ring (bicyclic) bond motifs is 1. The number of unbranched alkanes of at least 4 members (excludes halogenated alkanes) is 1. The molecule has 1 aromatic carbocycles. The van der Waals surface area contributed by atoms with Crippen LogP contribution in [-0.4, -0.2) is 23.9 Å². The molecule has 0 spiro atoms. The Kier molecular flexibility index (Phi) is 4.26. The first-order valence-electron chi connectivity index (χ1n) is 6.00. The normalized spacial score (nSPS) is 10.8. The summed E-state index contributed by atoms with van der Waals surface area (Å²) in [7, 11) is 1.39. The molecule has 0 aliphatic carbocycles. The van der Waals surface area contributed by atoms with Gasteiger partial charge in [0.25, 0.3) is 0 Å². The molecule has 4 heteroatoms. The van der Waals surface area contributed by atoms with Crippen LogP contribution in [0.2, 0.25) is 0 Å². The van der Waals surface area contributed by atoms with Gasteiger partial charge in [-0.25, -0.2) is 4.79 Å². The van der Waals surface area contributed by atoms with Crippen LogP contribution in [0.25, 0.3) is 10.9 Å². The minimum Gasteiger partial charge on any atom is -0.465 e. The molecule has 0 unspecified atom stereocenters. The lowest BCUT2D eigenvalue weighted by Crippen LogP contribution is -2.00. The minimum absolute atomic E-state index is 0.301. The average Bonchev–Trinajstić information content (AvgIpc) is 2.81. The van der Waals surface area contributed by atoms with Crippen LogP contribution >= 0.6 is 11.6 Å². The van der Waals surface area contributed by atoms with E-state index < -0.39 is 0 Å². The summed E-state index contributed by atoms with van der Waals surface area (Å²) in [4.78, 5) is 14.7. The lowest BCUT2D eigenvalue weighted by molar-refractivity contribution is 0.0601. The molecule has 1 aromatic heterocycles. The van der Waals surface area contributed by atoms with E-state index in [0.717, 1.165) is 30.2 Å². The highest BCUT2D eigenvalue weighted by Gasteiger charge is 2.09. The maximum atomic E-state index is 11.5. The summed E-state index contributed by atoms with van der Waals surface area (Å²) in [6.45, 7) is 0. The van der Waals surface area contributed by atoms with Gasteiger partial charge >= 0.3 is 5.97 Å². The van der Waals surface area contributed by atoms with Gasteiger partial charge < -0.3 is 9.72 Å². The summed E-state index contributed by atoms with van der Waals surface area (Å²) in [6.07, 6.45) is 5.03. The van der Waals surface area contributed by atoms with E-state index in [9.17, 15) is 4.79 Å². The molecule has 0 fully saturated rings. The number of hydrogen-bond acceptors (Lipinski definition) is 2. The molecule has 0 bridgehead atoms. The van der Waals surface area contributed by atoms with Crippen LogP contribution < -0.4 is 0 Å². The Morgan fingerprint density at radius 2 is 2.22 bits per heavy atom. The van der Waals surface area contributed by atoms with Crippen molar-refractivity contribution in [3.8, 4) is 0 Å². The Balaban J connectivity index is 2.28. The van der Waals surface area contributed by atoms with Crippen LogP contribution in [-0.2, 0) is 11.2 Å². The summed E-state index contributed by atoms with van der Waals surface area (Å²) in [5.74, 6) is 0.389. The molecule has 1 N–H and O–H groups in total. The molecule has 2 rings (SSSR count). The summed E-state index contributed by atoms with van der Waals surface area (Å²) in [5, 5.41) is 1.09. The maximum absolute atomic E-state index is 11.5. The number of H-pyrrole nitrogens is 1. The van der Waals surface area contributed by atoms with Crippen LogP contribution in [0.1, 0.15) is 28.8 Å². The van der Waals surface area contributed by atoms with Crippen molar-refractivity contribution in [2.75, 3.05) is 13.0 Å². The Hall–Kier alpha value is -1.48. The van der Waals surface area contributed by atoms with Gasteiger partial charge in [0, 0.05) is 23.0 Å². The van der Waals surface area contributed by atoms with Crippen molar-refractivity contribution in [3.63, 3.8) is 0 Å². The Morgan fingerprint density at radius 3 is 2.94 bits per heavy atom. The molecule has 1 heterocycles. The smallest absolute Gasteiger partial charge is 0.337 e. The van der Waals surface area contributed by atoms with Gasteiger partial charge in [-0.2, -0.15) is 0 Å². The zero-order valence-electron chi connectivity index (χ0n) is 10.3. The highest BCUT2D eigenvalue weighted by Crippen LogP contribution is 2.22. The van der Waals surface area contributed by atoms with E-state index in [4.69, 9.17) is 16.3 Å². The fraction of sp³-hybridized carbons (Fsp3) is 0.357. The number of methoxy groups -OCH3 is 1. The van der Waals surface area contributed by atoms with Crippen LogP contribution in [0.15, 0.2) is 24.4 Å². The van der Waals surface area contributed by atoms with Crippen molar-refractivity contribution >= 4 is 28.5 Å². The van der Waals surface area contributed by atoms with E-state index in [-0.39, 0.29) is 5.97 Å². The average molecular weight is 266 g/mol. The molecule has 18 heavy (non-hydrogen) atoms. The van der Waals surface area contributed by atoms with Gasteiger partial charge in [0.05, 0.1) is 12.7 Å². The van der Waals surface area contributed by atoms with E-state index in [1.807, 2.05) is 18.3 Å². The van der Waals surface area contributed by atoms with Crippen molar-refractivity contribution in [1.29, 1.82) is 0 Å². The van der Waals surface area contributed by atoms with Crippen molar-refractivity contribution in [2.24, 2.45) is 0 Å². The molecule has 2 aromatic rings. The predicted octanol–water partition coefficient (Wildman–Crippen LogP) is 3.52. The number of aromatic nitrogens is 1. The first kappa shape index (κ1) is 13.0. The molecule has 0 aliphatic rings. The molecule has 0 aliphatic heterocycles. The number of halogens is 1. The number of esters is 1. The number of aryl methyl sites for hydroxylation is 1. The Morgan fingerprint density at radius 1 is 1.39 bits per heavy atom. The molecule has 0 amide bonds. The van der Waals surface area contributed by atoms with Crippen LogP contribution in [0.4, 0.5) is 0 Å². The van der Waals surface area contributed by atoms with Gasteiger partial charge in [0.15, 0.2) is 0 Å². The SMILES string of the molecule is COC(=O)c1ccc2[nH]cc(CCCCCl)c2c1. The molecular weight excluding hydrogens is 250 g/mol. The zero-order chi connectivity index (χ0) is 13.0. The zero-order valence-corrected chi connectivity index (χ0v) is 11.1. The third kappa shape index (κ3) is 2.67. The lowest BCUT2D eigenvalue weighted by atomic mass is 10.1. The third-order valence-corrected chi connectivity index (χ3v) is 3.29. The Labute approximate surface area is 111 Å². The largest absolute Gasteiger partial charge is 0.465 e. The van der Waals surface area contributed by atoms with E-state index in [2.05, 4.69) is 4.98 Å². The number of aromatic amines is 1. The summed E-state index contributed by atoms with van der Waals surface area (Å²) >= 11 is 5.68. The van der Waals surface area contributed by atoms with Gasteiger partial charge in [-0.15, -0.1) is 11.6 Å². The number of carbonyl (C=O) groups excluding carboxylic acids is 1. The topological polar surface area (TPSA) is 42.1 Å². The van der Waals surface area contributed by atoms with Gasteiger partial charge in [-0.3, -0.25) is 0 Å². The lowest BCUT2D eigenvalue weighted by Gasteiger charge is -2.01. The quantitative estimate of drug-likeness (QED) is 0.511. The number of benzene rings is 1. The highest BCUT2D eigenvalue weighted by molar-refractivity contribution is 6.17. The second kappa shape index (κ2) is 5.91. The fourth-order valence-electron chi connectivity index (χ4n) is 2.04. The number of nitrogens with one attached hydrogen (secondary N) is 1. The molecule has 0 radical (unpaired) electrons. The molecule has 96 valence electrons. The van der Waals surface area contributed by atoms with Gasteiger partial charge in [-0.1, -0.05) is 0 Å². The monoisotopic (exact) mass is 265 g/mol. The van der Waals surface area contributed by atoms with Crippen LogP contribution in [0, 0.1) is 0 Å². The summed E-state index contributed by atoms with van der Waals surface area (Å²) in [5.41, 5.74) is 2.85. The van der Waals surface area contributed by atoms with Crippen molar-refractivity contribution in [3.05, 3.63) is 35.5 Å². The summed E-state index contributed by atoms with van der Waals surface area (Å²) in [6, 6.07) is 5.56. The van der Waals surface area contributed by atoms with E-state index in [1.165, 1.54) is 12.7 Å². The number of carbonyl (C=O) groups is 1. The standard InChI is InChI=1S/C14H16ClNO2/c1-18-14(17)10-5-6-13-12(8-10)11(9-16-13)4-2-3-7-15/h5-6,8-9,16H,2-4,7H2,1H3. The van der Waals surface area contributed by atoms with E-state index in [0.29, 0.717) is 11.4 Å². The van der Waals surface area contributed by atoms with Gasteiger partial charge in [-0.05, 0) is 43.0 Å². The van der Waals surface area contributed by atoms with Crippen molar-refractivity contribution < 1.29 is 9.53 Å². The first-order chi connectivity index (χ1) is 8.76. The summed E-state index contributed by atoms with van der Waals surface area (Å²) < 4.78 is 4.73. The Bertz CT molecular complexity index is 548. The maximum Gasteiger partial charge on any atom is 0.337 e. The van der Waals surface area contributed by atoms with Crippen molar-refractivity contribution in [1.82, 2.24) is 4.98 Å². The molecule has 0 saturated heterocycles. The van der Waals surface area contributed by atoms with E-state index >= 15 is 0 Å². The third-order valence-electron chi connectivity index (χ3n) is 3.02. The van der Waals surface area contributed by atoms with Gasteiger partial charge in [0.1, 0.15) is 0 Å². The second-order valence-electron chi connectivity index (χ2n) is 4.21. The second-order valence-corrected chi connectivity index (χ2v) is 4.59.